The number of rotatable bonds is 6. The monoisotopic (exact) mass is 454 g/mol. The van der Waals surface area contributed by atoms with Gasteiger partial charge in [0.05, 0.1) is 17.3 Å². The number of carbonyl (C=O) groups is 2. The number of hydrogen-bond donors (Lipinski definition) is 1. The number of nitrogens with zero attached hydrogens (tertiary/aromatic N) is 3. The van der Waals surface area contributed by atoms with Crippen LogP contribution in [-0.2, 0) is 16.1 Å². The lowest BCUT2D eigenvalue weighted by molar-refractivity contribution is -0.128. The first-order valence-electron chi connectivity index (χ1n) is 10.8. The van der Waals surface area contributed by atoms with E-state index in [1.165, 1.54) is 11.3 Å². The van der Waals surface area contributed by atoms with Gasteiger partial charge in [0.25, 0.3) is 0 Å². The molecule has 0 spiro atoms. The zero-order valence-corrected chi connectivity index (χ0v) is 18.7. The number of likely N-dealkylation sites (tertiary alicyclic amines) is 1. The molecule has 5 rings (SSSR count). The fraction of sp³-hybridized carbons (Fsp3) is 0.154. The van der Waals surface area contributed by atoms with E-state index < -0.39 is 0 Å². The molecule has 0 bridgehead atoms. The van der Waals surface area contributed by atoms with Crippen molar-refractivity contribution >= 4 is 28.8 Å². The molecule has 0 aliphatic carbocycles. The van der Waals surface area contributed by atoms with E-state index in [0.29, 0.717) is 18.8 Å². The van der Waals surface area contributed by atoms with Gasteiger partial charge in [-0.1, -0.05) is 48.5 Å². The summed E-state index contributed by atoms with van der Waals surface area (Å²) in [6, 6.07) is 23.2. The van der Waals surface area contributed by atoms with Crippen molar-refractivity contribution in [1.29, 1.82) is 0 Å². The van der Waals surface area contributed by atoms with Crippen LogP contribution in [0.1, 0.15) is 12.0 Å². The number of benzene rings is 2. The Bertz CT molecular complexity index is 1270. The second-order valence-electron chi connectivity index (χ2n) is 7.98. The van der Waals surface area contributed by atoms with Gasteiger partial charge in [-0.2, -0.15) is 0 Å². The minimum atomic E-state index is -0.361. The molecule has 4 aromatic rings. The number of aromatic nitrogens is 2. The Kier molecular flexibility index (Phi) is 5.95. The third kappa shape index (κ3) is 4.83. The van der Waals surface area contributed by atoms with E-state index in [1.54, 1.807) is 11.1 Å². The first-order valence-corrected chi connectivity index (χ1v) is 11.6. The van der Waals surface area contributed by atoms with Crippen LogP contribution >= 0.6 is 11.3 Å². The summed E-state index contributed by atoms with van der Waals surface area (Å²) in [5.74, 6) is -0.485. The molecule has 33 heavy (non-hydrogen) atoms. The molecule has 0 radical (unpaired) electrons. The SMILES string of the molecule is O=C(Nc1cccc(-c2csc(-c3ccccn3)n2)c1)C1CC(=O)N(Cc2ccccc2)C1. The molecule has 1 atom stereocenters. The summed E-state index contributed by atoms with van der Waals surface area (Å²) in [6.07, 6.45) is 1.99. The standard InChI is InChI=1S/C26H22N4O2S/c31-24-14-20(16-30(24)15-18-7-2-1-3-8-18)25(32)28-21-10-6-9-19(13-21)23-17-33-26(29-23)22-11-4-5-12-27-22/h1-13,17,20H,14-16H2,(H,28,32). The summed E-state index contributed by atoms with van der Waals surface area (Å²) >= 11 is 1.53. The molecule has 2 aromatic heterocycles. The lowest BCUT2D eigenvalue weighted by Gasteiger charge is -2.16. The molecule has 164 valence electrons. The topological polar surface area (TPSA) is 75.2 Å². The maximum atomic E-state index is 12.9. The van der Waals surface area contributed by atoms with Gasteiger partial charge in [0.2, 0.25) is 11.8 Å². The third-order valence-electron chi connectivity index (χ3n) is 5.62. The van der Waals surface area contributed by atoms with Gasteiger partial charge in [-0.25, -0.2) is 4.98 Å². The summed E-state index contributed by atoms with van der Waals surface area (Å²) in [5.41, 5.74) is 4.34. The highest BCUT2D eigenvalue weighted by atomic mass is 32.1. The molecule has 1 N–H and O–H groups in total. The lowest BCUT2D eigenvalue weighted by atomic mass is 10.1. The molecular formula is C26H22N4O2S. The van der Waals surface area contributed by atoms with Crippen molar-refractivity contribution in [1.82, 2.24) is 14.9 Å². The maximum Gasteiger partial charge on any atom is 0.229 e. The van der Waals surface area contributed by atoms with E-state index in [9.17, 15) is 9.59 Å². The molecule has 1 aliphatic heterocycles. The molecular weight excluding hydrogens is 432 g/mol. The highest BCUT2D eigenvalue weighted by Crippen LogP contribution is 2.29. The number of carbonyl (C=O) groups excluding carboxylic acids is 2. The van der Waals surface area contributed by atoms with Gasteiger partial charge >= 0.3 is 0 Å². The highest BCUT2D eigenvalue weighted by molar-refractivity contribution is 7.13. The number of thiazole rings is 1. The van der Waals surface area contributed by atoms with Crippen LogP contribution in [0.15, 0.2) is 84.4 Å². The fourth-order valence-electron chi connectivity index (χ4n) is 3.92. The predicted molar refractivity (Wildman–Crippen MR) is 129 cm³/mol. The van der Waals surface area contributed by atoms with Crippen LogP contribution in [0.3, 0.4) is 0 Å². The zero-order valence-electron chi connectivity index (χ0n) is 17.8. The highest BCUT2D eigenvalue weighted by Gasteiger charge is 2.34. The second kappa shape index (κ2) is 9.34. The average Bonchev–Trinajstić information content (AvgIpc) is 3.48. The van der Waals surface area contributed by atoms with Gasteiger partial charge in [-0.05, 0) is 29.8 Å². The molecule has 7 heteroatoms. The fourth-order valence-corrected chi connectivity index (χ4v) is 4.72. The van der Waals surface area contributed by atoms with Crippen molar-refractivity contribution in [2.75, 3.05) is 11.9 Å². The van der Waals surface area contributed by atoms with Gasteiger partial charge in [0.1, 0.15) is 5.01 Å². The molecule has 1 aliphatic rings. The predicted octanol–water partition coefficient (Wildman–Crippen LogP) is 4.86. The van der Waals surface area contributed by atoms with Crippen molar-refractivity contribution < 1.29 is 9.59 Å². The van der Waals surface area contributed by atoms with Crippen LogP contribution in [0.5, 0.6) is 0 Å². The largest absolute Gasteiger partial charge is 0.338 e. The van der Waals surface area contributed by atoms with E-state index in [-0.39, 0.29) is 24.2 Å². The van der Waals surface area contributed by atoms with Gasteiger partial charge in [-0.3, -0.25) is 14.6 Å². The third-order valence-corrected chi connectivity index (χ3v) is 6.48. The van der Waals surface area contributed by atoms with Crippen molar-refractivity contribution in [3.63, 3.8) is 0 Å². The van der Waals surface area contributed by atoms with Crippen LogP contribution in [0, 0.1) is 5.92 Å². The van der Waals surface area contributed by atoms with Crippen LogP contribution in [0.2, 0.25) is 0 Å². The van der Waals surface area contributed by atoms with Gasteiger partial charge in [0, 0.05) is 42.3 Å². The average molecular weight is 455 g/mol. The molecule has 1 saturated heterocycles. The van der Waals surface area contributed by atoms with Crippen molar-refractivity contribution in [3.05, 3.63) is 89.9 Å². The second-order valence-corrected chi connectivity index (χ2v) is 8.84. The van der Waals surface area contributed by atoms with Gasteiger partial charge in [0.15, 0.2) is 0 Å². The summed E-state index contributed by atoms with van der Waals surface area (Å²) < 4.78 is 0. The number of hydrogen-bond acceptors (Lipinski definition) is 5. The summed E-state index contributed by atoms with van der Waals surface area (Å²) in [5, 5.41) is 5.82. The Balaban J connectivity index is 1.25. The Morgan fingerprint density at radius 1 is 1.03 bits per heavy atom. The molecule has 1 fully saturated rings. The van der Waals surface area contributed by atoms with Crippen LogP contribution < -0.4 is 5.32 Å². The van der Waals surface area contributed by atoms with Crippen LogP contribution in [-0.4, -0.2) is 33.2 Å². The Morgan fingerprint density at radius 3 is 2.70 bits per heavy atom. The molecule has 1 unspecified atom stereocenters. The number of anilines is 1. The lowest BCUT2D eigenvalue weighted by Crippen LogP contribution is -2.28. The summed E-state index contributed by atoms with van der Waals surface area (Å²) in [6.45, 7) is 0.958. The minimum absolute atomic E-state index is 0.0114. The molecule has 3 heterocycles. The quantitative estimate of drug-likeness (QED) is 0.452. The van der Waals surface area contributed by atoms with Crippen molar-refractivity contribution in [3.8, 4) is 22.0 Å². The minimum Gasteiger partial charge on any atom is -0.338 e. The van der Waals surface area contributed by atoms with E-state index in [1.807, 2.05) is 78.2 Å². The Labute approximate surface area is 195 Å². The van der Waals surface area contributed by atoms with E-state index in [4.69, 9.17) is 4.98 Å². The van der Waals surface area contributed by atoms with Gasteiger partial charge < -0.3 is 10.2 Å². The number of amides is 2. The first-order chi connectivity index (χ1) is 16.2. The number of nitrogens with one attached hydrogen (secondary N) is 1. The van der Waals surface area contributed by atoms with E-state index in [2.05, 4.69) is 10.3 Å². The number of pyridine rings is 1. The molecule has 6 nitrogen and oxygen atoms in total. The molecule has 2 aromatic carbocycles. The smallest absolute Gasteiger partial charge is 0.229 e. The van der Waals surface area contributed by atoms with E-state index >= 15 is 0 Å². The molecule has 2 amide bonds. The van der Waals surface area contributed by atoms with Crippen LogP contribution in [0.25, 0.3) is 22.0 Å². The van der Waals surface area contributed by atoms with Crippen molar-refractivity contribution in [2.24, 2.45) is 5.92 Å². The maximum absolute atomic E-state index is 12.9. The Hall–Kier alpha value is -3.84. The van der Waals surface area contributed by atoms with Gasteiger partial charge in [-0.15, -0.1) is 11.3 Å². The Morgan fingerprint density at radius 2 is 1.88 bits per heavy atom. The zero-order chi connectivity index (χ0) is 22.6. The van der Waals surface area contributed by atoms with Crippen LogP contribution in [0.4, 0.5) is 5.69 Å². The van der Waals surface area contributed by atoms with E-state index in [0.717, 1.165) is 27.5 Å². The summed E-state index contributed by atoms with van der Waals surface area (Å²) in [7, 11) is 0. The molecule has 0 saturated carbocycles. The van der Waals surface area contributed by atoms with Crippen molar-refractivity contribution in [2.45, 2.75) is 13.0 Å². The normalized spacial score (nSPS) is 15.6. The first kappa shape index (κ1) is 21.0. The summed E-state index contributed by atoms with van der Waals surface area (Å²) in [4.78, 5) is 36.1.